The zero-order chi connectivity index (χ0) is 19.0. The number of rotatable bonds is 4. The number of hydrogen-bond donors (Lipinski definition) is 1. The molecule has 0 atom stereocenters. The summed E-state index contributed by atoms with van der Waals surface area (Å²) in [7, 11) is -3.83. The molecule has 1 N–H and O–H groups in total. The number of piperazine rings is 1. The minimum Gasteiger partial charge on any atom is -0.454 e. The van der Waals surface area contributed by atoms with Crippen LogP contribution < -0.4 is 14.4 Å². The van der Waals surface area contributed by atoms with Crippen molar-refractivity contribution in [2.45, 2.75) is 11.4 Å². The average Bonchev–Trinajstić information content (AvgIpc) is 3.12. The van der Waals surface area contributed by atoms with Crippen LogP contribution in [0, 0.1) is 11.6 Å². The Bertz CT molecular complexity index is 960. The third-order valence-corrected chi connectivity index (χ3v) is 6.74. The fourth-order valence-corrected chi connectivity index (χ4v) is 4.80. The molecule has 0 aliphatic carbocycles. The van der Waals surface area contributed by atoms with Gasteiger partial charge in [0, 0.05) is 5.56 Å². The van der Waals surface area contributed by atoms with E-state index in [1.54, 1.807) is 0 Å². The van der Waals surface area contributed by atoms with E-state index in [0.29, 0.717) is 26.2 Å². The van der Waals surface area contributed by atoms with E-state index < -0.39 is 21.7 Å². The van der Waals surface area contributed by atoms with E-state index in [1.807, 2.05) is 18.2 Å². The predicted molar refractivity (Wildman–Crippen MR) is 92.1 cm³/mol. The number of nitrogens with one attached hydrogen (secondary N) is 1. The maximum absolute atomic E-state index is 13.4. The van der Waals surface area contributed by atoms with Crippen molar-refractivity contribution in [2.24, 2.45) is 0 Å². The molecule has 0 amide bonds. The summed E-state index contributed by atoms with van der Waals surface area (Å²) in [4.78, 5) is 1.02. The molecule has 6 nitrogen and oxygen atoms in total. The number of hydrogen-bond acceptors (Lipinski definition) is 4. The zero-order valence-electron chi connectivity index (χ0n) is 14.5. The highest BCUT2D eigenvalue weighted by molar-refractivity contribution is 7.89. The summed E-state index contributed by atoms with van der Waals surface area (Å²) in [6, 6.07) is 8.46. The van der Waals surface area contributed by atoms with E-state index in [0.717, 1.165) is 41.8 Å². The van der Waals surface area contributed by atoms with Gasteiger partial charge in [-0.05, 0) is 36.4 Å². The standard InChI is InChI=1S/C18H18F2N2O4S/c19-15-3-2-14(10-16(15)20)27(23,24)22-7-5-21(6-8-22)11-13-1-4-17-18(9-13)26-12-25-17/h1-4,9-10H,5-8,11-12H2/p+1. The second kappa shape index (κ2) is 7.06. The van der Waals surface area contributed by atoms with E-state index in [-0.39, 0.29) is 11.7 Å². The summed E-state index contributed by atoms with van der Waals surface area (Å²) in [6.45, 7) is 2.86. The number of quaternary nitrogens is 1. The number of fused-ring (bicyclic) bond motifs is 1. The van der Waals surface area contributed by atoms with Crippen LogP contribution in [0.25, 0.3) is 0 Å². The van der Waals surface area contributed by atoms with Crippen LogP contribution in [0.5, 0.6) is 11.5 Å². The van der Waals surface area contributed by atoms with Gasteiger partial charge in [-0.25, -0.2) is 17.2 Å². The van der Waals surface area contributed by atoms with Gasteiger partial charge in [-0.3, -0.25) is 0 Å². The Labute approximate surface area is 156 Å². The molecule has 0 saturated carbocycles. The van der Waals surface area contributed by atoms with Crippen LogP contribution in [-0.2, 0) is 16.6 Å². The summed E-state index contributed by atoms with van der Waals surface area (Å²) in [5.74, 6) is -0.766. The van der Waals surface area contributed by atoms with E-state index in [2.05, 4.69) is 0 Å². The summed E-state index contributed by atoms with van der Waals surface area (Å²) < 4.78 is 63.7. The third kappa shape index (κ3) is 3.62. The van der Waals surface area contributed by atoms with Crippen molar-refractivity contribution in [1.82, 2.24) is 4.31 Å². The molecular weight excluding hydrogens is 378 g/mol. The molecule has 9 heteroatoms. The van der Waals surface area contributed by atoms with Crippen LogP contribution in [0.4, 0.5) is 8.78 Å². The Kier molecular flexibility index (Phi) is 4.75. The van der Waals surface area contributed by atoms with Gasteiger partial charge in [-0.2, -0.15) is 4.31 Å². The molecule has 1 fully saturated rings. The van der Waals surface area contributed by atoms with Crippen LogP contribution in [-0.4, -0.2) is 45.7 Å². The molecule has 27 heavy (non-hydrogen) atoms. The minimum atomic E-state index is -3.83. The quantitative estimate of drug-likeness (QED) is 0.829. The first-order valence-corrected chi connectivity index (χ1v) is 10.0. The Hall–Kier alpha value is -2.23. The van der Waals surface area contributed by atoms with Gasteiger partial charge in [0.25, 0.3) is 0 Å². The van der Waals surface area contributed by atoms with Crippen molar-refractivity contribution in [1.29, 1.82) is 0 Å². The largest absolute Gasteiger partial charge is 0.454 e. The lowest BCUT2D eigenvalue weighted by atomic mass is 10.2. The van der Waals surface area contributed by atoms with Crippen molar-refractivity contribution in [3.8, 4) is 11.5 Å². The minimum absolute atomic E-state index is 0.222. The van der Waals surface area contributed by atoms with Crippen LogP contribution in [0.1, 0.15) is 5.56 Å². The lowest BCUT2D eigenvalue weighted by Crippen LogP contribution is -3.13. The van der Waals surface area contributed by atoms with Crippen molar-refractivity contribution < 1.29 is 31.6 Å². The smallest absolute Gasteiger partial charge is 0.243 e. The summed E-state index contributed by atoms with van der Waals surface area (Å²) >= 11 is 0. The highest BCUT2D eigenvalue weighted by Gasteiger charge is 2.31. The Morgan fingerprint density at radius 2 is 1.70 bits per heavy atom. The number of nitrogens with zero attached hydrogens (tertiary/aromatic N) is 1. The Morgan fingerprint density at radius 1 is 0.963 bits per heavy atom. The van der Waals surface area contributed by atoms with E-state index in [4.69, 9.17) is 9.47 Å². The summed E-state index contributed by atoms with van der Waals surface area (Å²) in [5.41, 5.74) is 1.09. The van der Waals surface area contributed by atoms with Crippen molar-refractivity contribution >= 4 is 10.0 Å². The number of halogens is 2. The SMILES string of the molecule is O=S(=O)(c1ccc(F)c(F)c1)N1CC[NH+](Cc2ccc3c(c2)OCO3)CC1. The fraction of sp³-hybridized carbons (Fsp3) is 0.333. The van der Waals surface area contributed by atoms with E-state index in [9.17, 15) is 17.2 Å². The monoisotopic (exact) mass is 397 g/mol. The highest BCUT2D eigenvalue weighted by atomic mass is 32.2. The fourth-order valence-electron chi connectivity index (χ4n) is 3.35. The highest BCUT2D eigenvalue weighted by Crippen LogP contribution is 2.32. The molecule has 2 heterocycles. The van der Waals surface area contributed by atoms with Gasteiger partial charge >= 0.3 is 0 Å². The van der Waals surface area contributed by atoms with Crippen molar-refractivity contribution in [3.05, 3.63) is 53.6 Å². The van der Waals surface area contributed by atoms with E-state index >= 15 is 0 Å². The van der Waals surface area contributed by atoms with Gasteiger partial charge in [0.1, 0.15) is 6.54 Å². The van der Waals surface area contributed by atoms with Crippen LogP contribution in [0.2, 0.25) is 0 Å². The molecular formula is C18H19F2N2O4S+. The van der Waals surface area contributed by atoms with Crippen LogP contribution in [0.15, 0.2) is 41.3 Å². The maximum atomic E-state index is 13.4. The van der Waals surface area contributed by atoms with Crippen molar-refractivity contribution in [3.63, 3.8) is 0 Å². The third-order valence-electron chi connectivity index (χ3n) is 4.85. The number of ether oxygens (including phenoxy) is 2. The lowest BCUT2D eigenvalue weighted by molar-refractivity contribution is -0.917. The molecule has 0 spiro atoms. The molecule has 1 saturated heterocycles. The molecule has 2 aromatic carbocycles. The van der Waals surface area contributed by atoms with Gasteiger partial charge in [0.2, 0.25) is 16.8 Å². The first-order valence-electron chi connectivity index (χ1n) is 8.61. The maximum Gasteiger partial charge on any atom is 0.243 e. The van der Waals surface area contributed by atoms with Gasteiger partial charge in [0.05, 0.1) is 31.1 Å². The molecule has 4 rings (SSSR count). The average molecular weight is 397 g/mol. The van der Waals surface area contributed by atoms with Gasteiger partial charge in [-0.15, -0.1) is 0 Å². The van der Waals surface area contributed by atoms with Crippen LogP contribution >= 0.6 is 0 Å². The van der Waals surface area contributed by atoms with Gasteiger partial charge in [-0.1, -0.05) is 0 Å². The first-order chi connectivity index (χ1) is 12.9. The first kappa shape index (κ1) is 18.1. The van der Waals surface area contributed by atoms with Crippen molar-refractivity contribution in [2.75, 3.05) is 33.0 Å². The van der Waals surface area contributed by atoms with Gasteiger partial charge in [0.15, 0.2) is 23.1 Å². The second-order valence-electron chi connectivity index (χ2n) is 6.59. The molecule has 2 aliphatic rings. The van der Waals surface area contributed by atoms with Gasteiger partial charge < -0.3 is 14.4 Å². The molecule has 0 bridgehead atoms. The Balaban J connectivity index is 1.40. The summed E-state index contributed by atoms with van der Waals surface area (Å²) in [6.07, 6.45) is 0. The Morgan fingerprint density at radius 3 is 2.44 bits per heavy atom. The molecule has 0 aromatic heterocycles. The molecule has 2 aromatic rings. The lowest BCUT2D eigenvalue weighted by Gasteiger charge is -2.31. The topological polar surface area (TPSA) is 60.3 Å². The molecule has 0 unspecified atom stereocenters. The zero-order valence-corrected chi connectivity index (χ0v) is 15.3. The number of sulfonamides is 1. The predicted octanol–water partition coefficient (Wildman–Crippen LogP) is 0.783. The molecule has 2 aliphatic heterocycles. The van der Waals surface area contributed by atoms with Crippen LogP contribution in [0.3, 0.4) is 0 Å². The molecule has 0 radical (unpaired) electrons. The van der Waals surface area contributed by atoms with E-state index in [1.165, 1.54) is 9.21 Å². The summed E-state index contributed by atoms with van der Waals surface area (Å²) in [5, 5.41) is 0. The normalized spacial score (nSPS) is 18.0. The molecule has 144 valence electrons. The number of benzene rings is 2. The second-order valence-corrected chi connectivity index (χ2v) is 8.53.